The van der Waals surface area contributed by atoms with Crippen molar-refractivity contribution in [2.24, 2.45) is 0 Å². The fourth-order valence-electron chi connectivity index (χ4n) is 1.16. The van der Waals surface area contributed by atoms with Crippen LogP contribution >= 0.6 is 11.3 Å². The van der Waals surface area contributed by atoms with E-state index in [0.717, 1.165) is 10.7 Å². The Balaban J connectivity index is 2.32. The van der Waals surface area contributed by atoms with E-state index in [1.807, 2.05) is 17.6 Å². The molecule has 0 saturated carbocycles. The summed E-state index contributed by atoms with van der Waals surface area (Å²) in [6.45, 7) is 2.40. The minimum Gasteiger partial charge on any atom is -0.346 e. The number of nitrogens with zero attached hydrogens (tertiary/aromatic N) is 1. The molecule has 0 aliphatic carbocycles. The molecule has 1 rings (SSSR count). The van der Waals surface area contributed by atoms with E-state index in [0.29, 0.717) is 6.54 Å². The van der Waals surface area contributed by atoms with Crippen LogP contribution < -0.4 is 10.6 Å². The van der Waals surface area contributed by atoms with Gasteiger partial charge >= 0.3 is 6.18 Å². The minimum atomic E-state index is -4.39. The Morgan fingerprint density at radius 1 is 1.56 bits per heavy atom. The number of amides is 1. The van der Waals surface area contributed by atoms with Gasteiger partial charge in [0.2, 0.25) is 5.91 Å². The molecule has 0 bridgehead atoms. The highest BCUT2D eigenvalue weighted by Gasteiger charge is 2.28. The first-order chi connectivity index (χ1) is 8.28. The molecule has 8 heteroatoms. The standard InChI is InChI=1S/C10H14F3N3OS/c1-6-4-18-8(16-6)3-14-7(2)9(17)15-5-10(11,12)13/h4,7,14H,3,5H2,1-2H3,(H,15,17). The molecule has 0 aliphatic rings. The second-order valence-corrected chi connectivity index (χ2v) is 4.76. The summed E-state index contributed by atoms with van der Waals surface area (Å²) in [6.07, 6.45) is -4.39. The molecule has 0 aromatic carbocycles. The van der Waals surface area contributed by atoms with Crippen molar-refractivity contribution < 1.29 is 18.0 Å². The predicted octanol–water partition coefficient (Wildman–Crippen LogP) is 1.61. The van der Waals surface area contributed by atoms with Crippen LogP contribution in [0.5, 0.6) is 0 Å². The molecular weight excluding hydrogens is 267 g/mol. The quantitative estimate of drug-likeness (QED) is 0.862. The molecule has 4 nitrogen and oxygen atoms in total. The summed E-state index contributed by atoms with van der Waals surface area (Å²) in [5.74, 6) is -0.680. The number of hydrogen-bond donors (Lipinski definition) is 2. The number of carbonyl (C=O) groups is 1. The van der Waals surface area contributed by atoms with Crippen LogP contribution in [-0.2, 0) is 11.3 Å². The number of alkyl halides is 3. The molecule has 1 amide bonds. The van der Waals surface area contributed by atoms with Crippen molar-refractivity contribution in [3.8, 4) is 0 Å². The van der Waals surface area contributed by atoms with Gasteiger partial charge in [0.05, 0.1) is 6.04 Å². The van der Waals surface area contributed by atoms with Crippen LogP contribution in [0.15, 0.2) is 5.38 Å². The molecule has 0 fully saturated rings. The first-order valence-electron chi connectivity index (χ1n) is 5.27. The minimum absolute atomic E-state index is 0.360. The molecule has 18 heavy (non-hydrogen) atoms. The van der Waals surface area contributed by atoms with Crippen LogP contribution in [0.25, 0.3) is 0 Å². The van der Waals surface area contributed by atoms with Gasteiger partial charge in [-0.3, -0.25) is 10.1 Å². The highest BCUT2D eigenvalue weighted by atomic mass is 32.1. The third-order valence-corrected chi connectivity index (χ3v) is 3.05. The van der Waals surface area contributed by atoms with Crippen molar-refractivity contribution in [3.63, 3.8) is 0 Å². The number of nitrogens with one attached hydrogen (secondary N) is 2. The lowest BCUT2D eigenvalue weighted by atomic mass is 10.3. The maximum absolute atomic E-state index is 11.9. The summed E-state index contributed by atoms with van der Waals surface area (Å²) >= 11 is 1.44. The van der Waals surface area contributed by atoms with E-state index in [2.05, 4.69) is 10.3 Å². The molecule has 0 aliphatic heterocycles. The monoisotopic (exact) mass is 281 g/mol. The van der Waals surface area contributed by atoms with Gasteiger partial charge in [-0.1, -0.05) is 0 Å². The number of aryl methyl sites for hydroxylation is 1. The van der Waals surface area contributed by atoms with E-state index in [1.54, 1.807) is 0 Å². The van der Waals surface area contributed by atoms with Crippen LogP contribution in [0.2, 0.25) is 0 Å². The lowest BCUT2D eigenvalue weighted by Crippen LogP contribution is -2.44. The van der Waals surface area contributed by atoms with E-state index in [-0.39, 0.29) is 0 Å². The summed E-state index contributed by atoms with van der Waals surface area (Å²) in [5.41, 5.74) is 0.881. The first kappa shape index (κ1) is 14.9. The molecule has 1 unspecified atom stereocenters. The van der Waals surface area contributed by atoms with Crippen molar-refractivity contribution in [2.45, 2.75) is 32.6 Å². The van der Waals surface area contributed by atoms with Gasteiger partial charge in [0.25, 0.3) is 0 Å². The summed E-state index contributed by atoms with van der Waals surface area (Å²) in [7, 11) is 0. The Morgan fingerprint density at radius 3 is 2.72 bits per heavy atom. The van der Waals surface area contributed by atoms with Gasteiger partial charge in [-0.05, 0) is 13.8 Å². The van der Waals surface area contributed by atoms with Crippen molar-refractivity contribution in [1.82, 2.24) is 15.6 Å². The highest BCUT2D eigenvalue weighted by molar-refractivity contribution is 7.09. The maximum atomic E-state index is 11.9. The fourth-order valence-corrected chi connectivity index (χ4v) is 1.88. The van der Waals surface area contributed by atoms with E-state index in [4.69, 9.17) is 0 Å². The second-order valence-electron chi connectivity index (χ2n) is 3.82. The molecule has 0 spiro atoms. The Hall–Kier alpha value is -1.15. The van der Waals surface area contributed by atoms with E-state index in [1.165, 1.54) is 18.3 Å². The molecule has 2 N–H and O–H groups in total. The number of thiazole rings is 1. The average Bonchev–Trinajstić information content (AvgIpc) is 2.67. The Bertz CT molecular complexity index is 405. The van der Waals surface area contributed by atoms with Crippen molar-refractivity contribution >= 4 is 17.2 Å². The van der Waals surface area contributed by atoms with Crippen LogP contribution in [0.4, 0.5) is 13.2 Å². The normalized spacial score (nSPS) is 13.4. The number of halogens is 3. The van der Waals surface area contributed by atoms with Crippen LogP contribution in [0, 0.1) is 6.92 Å². The van der Waals surface area contributed by atoms with E-state index >= 15 is 0 Å². The van der Waals surface area contributed by atoms with Crippen LogP contribution in [0.1, 0.15) is 17.6 Å². The number of hydrogen-bond acceptors (Lipinski definition) is 4. The highest BCUT2D eigenvalue weighted by Crippen LogP contribution is 2.12. The SMILES string of the molecule is Cc1csc(CNC(C)C(=O)NCC(F)(F)F)n1. The Labute approximate surface area is 107 Å². The summed E-state index contributed by atoms with van der Waals surface area (Å²) in [5, 5.41) is 7.30. The third-order valence-electron chi connectivity index (χ3n) is 2.08. The summed E-state index contributed by atoms with van der Waals surface area (Å²) in [6, 6.07) is -0.698. The second kappa shape index (κ2) is 6.14. The van der Waals surface area contributed by atoms with Crippen LogP contribution in [0.3, 0.4) is 0 Å². The maximum Gasteiger partial charge on any atom is 0.405 e. The van der Waals surface area contributed by atoms with Crippen molar-refractivity contribution in [3.05, 3.63) is 16.1 Å². The topological polar surface area (TPSA) is 54.0 Å². The zero-order valence-electron chi connectivity index (χ0n) is 9.97. The van der Waals surface area contributed by atoms with Gasteiger partial charge < -0.3 is 5.32 Å². The largest absolute Gasteiger partial charge is 0.405 e. The zero-order chi connectivity index (χ0) is 13.8. The Morgan fingerprint density at radius 2 is 2.22 bits per heavy atom. The smallest absolute Gasteiger partial charge is 0.346 e. The van der Waals surface area contributed by atoms with Gasteiger partial charge in [-0.15, -0.1) is 11.3 Å². The van der Waals surface area contributed by atoms with Gasteiger partial charge in [0.1, 0.15) is 11.6 Å². The molecule has 1 atom stereocenters. The third kappa shape index (κ3) is 5.46. The molecular formula is C10H14F3N3OS. The van der Waals surface area contributed by atoms with Gasteiger partial charge in [-0.2, -0.15) is 13.2 Å². The number of rotatable bonds is 5. The van der Waals surface area contributed by atoms with E-state index in [9.17, 15) is 18.0 Å². The molecule has 0 saturated heterocycles. The molecule has 1 aromatic heterocycles. The molecule has 1 heterocycles. The van der Waals surface area contributed by atoms with E-state index < -0.39 is 24.7 Å². The van der Waals surface area contributed by atoms with Gasteiger partial charge in [0.15, 0.2) is 0 Å². The Kier molecular flexibility index (Phi) is 5.09. The fraction of sp³-hybridized carbons (Fsp3) is 0.600. The molecule has 102 valence electrons. The van der Waals surface area contributed by atoms with Gasteiger partial charge in [-0.25, -0.2) is 4.98 Å². The lowest BCUT2D eigenvalue weighted by molar-refractivity contribution is -0.139. The van der Waals surface area contributed by atoms with Crippen molar-refractivity contribution in [1.29, 1.82) is 0 Å². The average molecular weight is 281 g/mol. The predicted molar refractivity (Wildman–Crippen MR) is 62.2 cm³/mol. The van der Waals surface area contributed by atoms with Gasteiger partial charge in [0, 0.05) is 17.6 Å². The van der Waals surface area contributed by atoms with Crippen molar-refractivity contribution in [2.75, 3.05) is 6.54 Å². The number of carbonyl (C=O) groups excluding carboxylic acids is 1. The van der Waals surface area contributed by atoms with Crippen LogP contribution in [-0.4, -0.2) is 29.7 Å². The first-order valence-corrected chi connectivity index (χ1v) is 6.15. The summed E-state index contributed by atoms with van der Waals surface area (Å²) < 4.78 is 35.7. The summed E-state index contributed by atoms with van der Waals surface area (Å²) in [4.78, 5) is 15.5. The zero-order valence-corrected chi connectivity index (χ0v) is 10.8. The number of aromatic nitrogens is 1. The molecule has 0 radical (unpaired) electrons. The molecule has 1 aromatic rings. The lowest BCUT2D eigenvalue weighted by Gasteiger charge is -2.14.